The normalized spacial score (nSPS) is 11.2. The topological polar surface area (TPSA) is 84.2 Å². The summed E-state index contributed by atoms with van der Waals surface area (Å²) in [6.45, 7) is 0.0945. The number of alkyl halides is 3. The Morgan fingerprint density at radius 3 is 2.71 bits per heavy atom. The van der Waals surface area contributed by atoms with Crippen LogP contribution < -0.4 is 10.6 Å². The summed E-state index contributed by atoms with van der Waals surface area (Å²) < 4.78 is 43.4. The standard InChI is InChI=1S/C18H14F3N3O3S/c19-18(20,21)12-4-1-3-11(9-12)13-10-28-17(23-13)24-15(25)6-7-22-16(26)14-5-2-8-27-14/h1-5,8-10H,6-7H2,(H,22,26)(H,23,24,25). The van der Waals surface area contributed by atoms with Gasteiger partial charge in [-0.15, -0.1) is 11.3 Å². The Morgan fingerprint density at radius 2 is 2.00 bits per heavy atom. The number of hydrogen-bond donors (Lipinski definition) is 2. The van der Waals surface area contributed by atoms with Gasteiger partial charge in [-0.1, -0.05) is 12.1 Å². The second-order valence-electron chi connectivity index (χ2n) is 5.65. The predicted molar refractivity (Wildman–Crippen MR) is 96.8 cm³/mol. The van der Waals surface area contributed by atoms with Crippen LogP contribution >= 0.6 is 11.3 Å². The van der Waals surface area contributed by atoms with Crippen molar-refractivity contribution >= 4 is 28.3 Å². The van der Waals surface area contributed by atoms with Crippen LogP contribution in [0.5, 0.6) is 0 Å². The van der Waals surface area contributed by atoms with Gasteiger partial charge in [0, 0.05) is 23.9 Å². The number of carbonyl (C=O) groups is 2. The van der Waals surface area contributed by atoms with Crippen molar-refractivity contribution in [2.24, 2.45) is 0 Å². The summed E-state index contributed by atoms with van der Waals surface area (Å²) in [7, 11) is 0. The van der Waals surface area contributed by atoms with Crippen molar-refractivity contribution in [3.63, 3.8) is 0 Å². The molecule has 0 aliphatic heterocycles. The molecule has 10 heteroatoms. The Balaban J connectivity index is 1.54. The van der Waals surface area contributed by atoms with Crippen molar-refractivity contribution in [1.82, 2.24) is 10.3 Å². The first kappa shape index (κ1) is 19.6. The molecular formula is C18H14F3N3O3S. The summed E-state index contributed by atoms with van der Waals surface area (Å²) in [5.74, 6) is -0.672. The molecule has 0 saturated heterocycles. The maximum Gasteiger partial charge on any atom is 0.416 e. The zero-order valence-electron chi connectivity index (χ0n) is 14.2. The number of aromatic nitrogens is 1. The summed E-state index contributed by atoms with van der Waals surface area (Å²) in [6.07, 6.45) is -3.07. The van der Waals surface area contributed by atoms with Crippen LogP contribution in [0.4, 0.5) is 18.3 Å². The third-order valence-corrected chi connectivity index (χ3v) is 4.38. The minimum Gasteiger partial charge on any atom is -0.459 e. The first-order chi connectivity index (χ1) is 13.3. The minimum absolute atomic E-state index is 0.00488. The van der Waals surface area contributed by atoms with E-state index in [-0.39, 0.29) is 29.8 Å². The Kier molecular flexibility index (Phi) is 5.78. The lowest BCUT2D eigenvalue weighted by Gasteiger charge is -2.07. The molecule has 2 heterocycles. The van der Waals surface area contributed by atoms with E-state index in [1.807, 2.05) is 0 Å². The van der Waals surface area contributed by atoms with Crippen molar-refractivity contribution in [2.75, 3.05) is 11.9 Å². The van der Waals surface area contributed by atoms with Crippen molar-refractivity contribution in [3.05, 3.63) is 59.4 Å². The van der Waals surface area contributed by atoms with E-state index in [0.717, 1.165) is 23.5 Å². The highest BCUT2D eigenvalue weighted by molar-refractivity contribution is 7.14. The molecule has 0 unspecified atom stereocenters. The van der Waals surface area contributed by atoms with Gasteiger partial charge < -0.3 is 15.1 Å². The van der Waals surface area contributed by atoms with Gasteiger partial charge >= 0.3 is 6.18 Å². The monoisotopic (exact) mass is 409 g/mol. The van der Waals surface area contributed by atoms with Crippen LogP contribution in [-0.4, -0.2) is 23.3 Å². The molecule has 0 saturated carbocycles. The molecule has 0 radical (unpaired) electrons. The van der Waals surface area contributed by atoms with Gasteiger partial charge in [-0.2, -0.15) is 13.2 Å². The van der Waals surface area contributed by atoms with Gasteiger partial charge in [0.2, 0.25) is 5.91 Å². The van der Waals surface area contributed by atoms with Crippen molar-refractivity contribution in [1.29, 1.82) is 0 Å². The number of carbonyl (C=O) groups excluding carboxylic acids is 2. The maximum atomic E-state index is 12.8. The molecule has 2 amide bonds. The van der Waals surface area contributed by atoms with E-state index in [1.165, 1.54) is 24.5 Å². The fourth-order valence-electron chi connectivity index (χ4n) is 2.28. The van der Waals surface area contributed by atoms with E-state index >= 15 is 0 Å². The number of rotatable bonds is 6. The second-order valence-corrected chi connectivity index (χ2v) is 6.51. The molecule has 0 bridgehead atoms. The molecule has 1 aromatic carbocycles. The number of nitrogens with one attached hydrogen (secondary N) is 2. The van der Waals surface area contributed by atoms with Gasteiger partial charge in [0.25, 0.3) is 5.91 Å². The molecule has 2 aromatic heterocycles. The molecule has 0 fully saturated rings. The lowest BCUT2D eigenvalue weighted by molar-refractivity contribution is -0.137. The second kappa shape index (κ2) is 8.26. The number of halogens is 3. The van der Waals surface area contributed by atoms with Gasteiger partial charge in [-0.25, -0.2) is 4.98 Å². The SMILES string of the molecule is O=C(CCNC(=O)c1ccco1)Nc1nc(-c2cccc(C(F)(F)F)c2)cs1. The highest BCUT2D eigenvalue weighted by Gasteiger charge is 2.30. The molecular weight excluding hydrogens is 395 g/mol. The molecule has 2 N–H and O–H groups in total. The van der Waals surface area contributed by atoms with Crippen LogP contribution in [0.15, 0.2) is 52.5 Å². The summed E-state index contributed by atoms with van der Waals surface area (Å²) in [5.41, 5.74) is -0.134. The van der Waals surface area contributed by atoms with Crippen LogP contribution in [-0.2, 0) is 11.0 Å². The summed E-state index contributed by atoms with van der Waals surface area (Å²) in [5, 5.41) is 6.91. The van der Waals surface area contributed by atoms with E-state index in [4.69, 9.17) is 4.42 Å². The smallest absolute Gasteiger partial charge is 0.416 e. The average Bonchev–Trinajstić information content (AvgIpc) is 3.33. The first-order valence-electron chi connectivity index (χ1n) is 8.07. The molecule has 6 nitrogen and oxygen atoms in total. The first-order valence-corrected chi connectivity index (χ1v) is 8.95. The third-order valence-electron chi connectivity index (χ3n) is 3.62. The van der Waals surface area contributed by atoms with Crippen LogP contribution in [0.1, 0.15) is 22.5 Å². The number of amides is 2. The van der Waals surface area contributed by atoms with Gasteiger partial charge in [-0.05, 0) is 24.3 Å². The predicted octanol–water partition coefficient (Wildman–Crippen LogP) is 4.18. The third kappa shape index (κ3) is 4.97. The highest BCUT2D eigenvalue weighted by atomic mass is 32.1. The fraction of sp³-hybridized carbons (Fsp3) is 0.167. The number of benzene rings is 1. The van der Waals surface area contributed by atoms with Gasteiger partial charge in [0.1, 0.15) is 0 Å². The summed E-state index contributed by atoms with van der Waals surface area (Å²) in [4.78, 5) is 27.8. The lowest BCUT2D eigenvalue weighted by Crippen LogP contribution is -2.27. The van der Waals surface area contributed by atoms with Gasteiger partial charge in [-0.3, -0.25) is 9.59 Å². The van der Waals surface area contributed by atoms with Crippen LogP contribution in [0.25, 0.3) is 11.3 Å². The molecule has 28 heavy (non-hydrogen) atoms. The fourth-order valence-corrected chi connectivity index (χ4v) is 3.02. The van der Waals surface area contributed by atoms with Crippen LogP contribution in [0, 0.1) is 0 Å². The number of furan rings is 1. The van der Waals surface area contributed by atoms with Crippen molar-refractivity contribution < 1.29 is 27.2 Å². The molecule has 0 aliphatic carbocycles. The van der Waals surface area contributed by atoms with Gasteiger partial charge in [0.05, 0.1) is 17.5 Å². The quantitative estimate of drug-likeness (QED) is 0.640. The number of thiazole rings is 1. The van der Waals surface area contributed by atoms with E-state index in [0.29, 0.717) is 11.3 Å². The van der Waals surface area contributed by atoms with Crippen LogP contribution in [0.3, 0.4) is 0 Å². The van der Waals surface area contributed by atoms with Crippen LogP contribution in [0.2, 0.25) is 0 Å². The lowest BCUT2D eigenvalue weighted by atomic mass is 10.1. The summed E-state index contributed by atoms with van der Waals surface area (Å²) >= 11 is 1.10. The average molecular weight is 409 g/mol. The van der Waals surface area contributed by atoms with Gasteiger partial charge in [0.15, 0.2) is 10.9 Å². The van der Waals surface area contributed by atoms with Crippen molar-refractivity contribution in [3.8, 4) is 11.3 Å². The Bertz CT molecular complexity index is 968. The number of nitrogens with zero attached hydrogens (tertiary/aromatic N) is 1. The Morgan fingerprint density at radius 1 is 1.18 bits per heavy atom. The Labute approximate surface area is 161 Å². The maximum absolute atomic E-state index is 12.8. The summed E-state index contributed by atoms with van der Waals surface area (Å²) in [6, 6.07) is 7.88. The van der Waals surface area contributed by atoms with E-state index < -0.39 is 17.6 Å². The molecule has 0 spiro atoms. The molecule has 0 aliphatic rings. The zero-order valence-corrected chi connectivity index (χ0v) is 15.1. The van der Waals surface area contributed by atoms with E-state index in [9.17, 15) is 22.8 Å². The van der Waals surface area contributed by atoms with Crippen molar-refractivity contribution in [2.45, 2.75) is 12.6 Å². The minimum atomic E-state index is -4.44. The number of hydrogen-bond acceptors (Lipinski definition) is 5. The van der Waals surface area contributed by atoms with E-state index in [2.05, 4.69) is 15.6 Å². The zero-order chi connectivity index (χ0) is 20.1. The molecule has 0 atom stereocenters. The highest BCUT2D eigenvalue weighted by Crippen LogP contribution is 2.33. The molecule has 3 aromatic rings. The Hall–Kier alpha value is -3.14. The largest absolute Gasteiger partial charge is 0.459 e. The molecule has 3 rings (SSSR count). The van der Waals surface area contributed by atoms with E-state index in [1.54, 1.807) is 11.4 Å². The number of anilines is 1. The molecule has 146 valence electrons.